The van der Waals surface area contributed by atoms with Crippen LogP contribution in [0.3, 0.4) is 0 Å². The molecule has 4 aromatic rings. The Labute approximate surface area is 183 Å². The Morgan fingerprint density at radius 3 is 2.32 bits per heavy atom. The Balaban J connectivity index is 1.35. The van der Waals surface area contributed by atoms with E-state index in [4.69, 9.17) is 9.47 Å². The van der Waals surface area contributed by atoms with Gasteiger partial charge in [-0.3, -0.25) is 0 Å². The van der Waals surface area contributed by atoms with Crippen LogP contribution in [0.1, 0.15) is 28.3 Å². The third-order valence-corrected chi connectivity index (χ3v) is 5.59. The molecule has 1 heterocycles. The molecular formula is C28H25NO2. The Kier molecular flexibility index (Phi) is 5.68. The molecule has 1 aliphatic heterocycles. The Morgan fingerprint density at radius 1 is 0.710 bits per heavy atom. The van der Waals surface area contributed by atoms with Gasteiger partial charge in [0.25, 0.3) is 0 Å². The SMILES string of the molecule is c1ccc(COc2ccc3c(c2)CCNC3c2cccc(Oc3ccccc3)c2)cc1. The normalized spacial score (nSPS) is 15.2. The Bertz CT molecular complexity index is 1140. The van der Waals surface area contributed by atoms with Gasteiger partial charge in [0.2, 0.25) is 0 Å². The lowest BCUT2D eigenvalue weighted by Gasteiger charge is -2.28. The van der Waals surface area contributed by atoms with Crippen molar-refractivity contribution >= 4 is 0 Å². The highest BCUT2D eigenvalue weighted by molar-refractivity contribution is 5.45. The maximum atomic E-state index is 6.04. The van der Waals surface area contributed by atoms with Gasteiger partial charge in [0.15, 0.2) is 0 Å². The summed E-state index contributed by atoms with van der Waals surface area (Å²) in [5, 5.41) is 3.66. The first kappa shape index (κ1) is 19.4. The van der Waals surface area contributed by atoms with Crippen LogP contribution < -0.4 is 14.8 Å². The van der Waals surface area contributed by atoms with Gasteiger partial charge in [-0.15, -0.1) is 0 Å². The summed E-state index contributed by atoms with van der Waals surface area (Å²) in [5.41, 5.74) is 5.01. The summed E-state index contributed by atoms with van der Waals surface area (Å²) in [4.78, 5) is 0. The van der Waals surface area contributed by atoms with Crippen molar-refractivity contribution in [2.24, 2.45) is 0 Å². The van der Waals surface area contributed by atoms with Gasteiger partial charge in [-0.2, -0.15) is 0 Å². The van der Waals surface area contributed by atoms with E-state index in [1.165, 1.54) is 22.3 Å². The first-order valence-corrected chi connectivity index (χ1v) is 10.7. The topological polar surface area (TPSA) is 30.5 Å². The number of rotatable bonds is 6. The smallest absolute Gasteiger partial charge is 0.127 e. The molecule has 0 saturated carbocycles. The highest BCUT2D eigenvalue weighted by Gasteiger charge is 2.22. The highest BCUT2D eigenvalue weighted by Crippen LogP contribution is 2.33. The lowest BCUT2D eigenvalue weighted by Crippen LogP contribution is -2.30. The monoisotopic (exact) mass is 407 g/mol. The fourth-order valence-corrected chi connectivity index (χ4v) is 4.05. The van der Waals surface area contributed by atoms with Crippen molar-refractivity contribution in [1.29, 1.82) is 0 Å². The van der Waals surface area contributed by atoms with Crippen molar-refractivity contribution in [3.05, 3.63) is 125 Å². The Morgan fingerprint density at radius 2 is 1.48 bits per heavy atom. The maximum absolute atomic E-state index is 6.04. The molecule has 0 aliphatic carbocycles. The number of nitrogens with one attached hydrogen (secondary N) is 1. The molecule has 3 heteroatoms. The van der Waals surface area contributed by atoms with E-state index in [1.807, 2.05) is 54.6 Å². The van der Waals surface area contributed by atoms with Crippen LogP contribution in [0.25, 0.3) is 0 Å². The molecule has 1 aliphatic rings. The quantitative estimate of drug-likeness (QED) is 0.407. The number of hydrogen-bond donors (Lipinski definition) is 1. The zero-order chi connectivity index (χ0) is 20.9. The molecule has 0 bridgehead atoms. The third kappa shape index (κ3) is 4.62. The molecule has 154 valence electrons. The van der Waals surface area contributed by atoms with Crippen molar-refractivity contribution < 1.29 is 9.47 Å². The first-order valence-electron chi connectivity index (χ1n) is 10.7. The molecule has 1 atom stereocenters. The lowest BCUT2D eigenvalue weighted by atomic mass is 9.89. The van der Waals surface area contributed by atoms with Gasteiger partial charge in [-0.1, -0.05) is 66.7 Å². The summed E-state index contributed by atoms with van der Waals surface area (Å²) in [6.07, 6.45) is 0.995. The number of ether oxygens (including phenoxy) is 2. The van der Waals surface area contributed by atoms with Crippen molar-refractivity contribution in [3.8, 4) is 17.2 Å². The average molecular weight is 408 g/mol. The van der Waals surface area contributed by atoms with Crippen LogP contribution >= 0.6 is 0 Å². The molecule has 0 aromatic heterocycles. The largest absolute Gasteiger partial charge is 0.489 e. The van der Waals surface area contributed by atoms with Gasteiger partial charge < -0.3 is 14.8 Å². The molecule has 31 heavy (non-hydrogen) atoms. The van der Waals surface area contributed by atoms with Crippen LogP contribution in [-0.4, -0.2) is 6.54 Å². The highest BCUT2D eigenvalue weighted by atomic mass is 16.5. The summed E-state index contributed by atoms with van der Waals surface area (Å²) in [6, 6.07) is 35.1. The zero-order valence-electron chi connectivity index (χ0n) is 17.3. The van der Waals surface area contributed by atoms with Crippen LogP contribution in [-0.2, 0) is 13.0 Å². The van der Waals surface area contributed by atoms with Crippen molar-refractivity contribution in [3.63, 3.8) is 0 Å². The van der Waals surface area contributed by atoms with Gasteiger partial charge in [-0.25, -0.2) is 0 Å². The van der Waals surface area contributed by atoms with Crippen LogP contribution in [0.15, 0.2) is 103 Å². The minimum absolute atomic E-state index is 0.145. The van der Waals surface area contributed by atoms with Gasteiger partial charge in [0, 0.05) is 6.54 Å². The van der Waals surface area contributed by atoms with Gasteiger partial charge in [-0.05, 0) is 65.1 Å². The second-order valence-corrected chi connectivity index (χ2v) is 7.76. The van der Waals surface area contributed by atoms with E-state index < -0.39 is 0 Å². The van der Waals surface area contributed by atoms with Gasteiger partial charge in [0.05, 0.1) is 6.04 Å². The van der Waals surface area contributed by atoms with Crippen LogP contribution in [0.2, 0.25) is 0 Å². The summed E-state index contributed by atoms with van der Waals surface area (Å²) >= 11 is 0. The summed E-state index contributed by atoms with van der Waals surface area (Å²) in [7, 11) is 0. The van der Waals surface area contributed by atoms with Gasteiger partial charge in [0.1, 0.15) is 23.9 Å². The van der Waals surface area contributed by atoms with Crippen molar-refractivity contribution in [1.82, 2.24) is 5.32 Å². The molecule has 0 fully saturated rings. The minimum Gasteiger partial charge on any atom is -0.489 e. The van der Waals surface area contributed by atoms with E-state index in [2.05, 4.69) is 53.8 Å². The van der Waals surface area contributed by atoms with E-state index in [0.717, 1.165) is 30.2 Å². The summed E-state index contributed by atoms with van der Waals surface area (Å²) < 4.78 is 12.1. The summed E-state index contributed by atoms with van der Waals surface area (Å²) in [6.45, 7) is 1.52. The predicted molar refractivity (Wildman–Crippen MR) is 124 cm³/mol. The van der Waals surface area contributed by atoms with E-state index in [9.17, 15) is 0 Å². The van der Waals surface area contributed by atoms with Crippen LogP contribution in [0.4, 0.5) is 0 Å². The van der Waals surface area contributed by atoms with E-state index >= 15 is 0 Å². The summed E-state index contributed by atoms with van der Waals surface area (Å²) in [5.74, 6) is 2.61. The third-order valence-electron chi connectivity index (χ3n) is 5.59. The predicted octanol–water partition coefficient (Wildman–Crippen LogP) is 6.29. The lowest BCUT2D eigenvalue weighted by molar-refractivity contribution is 0.305. The number of benzene rings is 4. The first-order chi connectivity index (χ1) is 15.3. The average Bonchev–Trinajstić information content (AvgIpc) is 2.84. The van der Waals surface area contributed by atoms with E-state index in [1.54, 1.807) is 0 Å². The molecule has 0 radical (unpaired) electrons. The molecule has 5 rings (SSSR count). The van der Waals surface area contributed by atoms with Gasteiger partial charge >= 0.3 is 0 Å². The number of hydrogen-bond acceptors (Lipinski definition) is 3. The number of fused-ring (bicyclic) bond motifs is 1. The molecule has 0 saturated heterocycles. The Hall–Kier alpha value is -3.56. The molecule has 0 amide bonds. The molecule has 1 unspecified atom stereocenters. The van der Waals surface area contributed by atoms with Crippen molar-refractivity contribution in [2.75, 3.05) is 6.54 Å². The fraction of sp³-hybridized carbons (Fsp3) is 0.143. The molecule has 4 aromatic carbocycles. The second kappa shape index (κ2) is 9.07. The molecule has 1 N–H and O–H groups in total. The van der Waals surface area contributed by atoms with Crippen LogP contribution in [0, 0.1) is 0 Å². The number of para-hydroxylation sites is 1. The molecular weight excluding hydrogens is 382 g/mol. The minimum atomic E-state index is 0.145. The van der Waals surface area contributed by atoms with Crippen LogP contribution in [0.5, 0.6) is 17.2 Å². The maximum Gasteiger partial charge on any atom is 0.127 e. The standard InChI is InChI=1S/C28H25NO2/c1-3-8-21(9-4-1)20-30-25-14-15-27-22(18-25)16-17-29-28(27)23-10-7-13-26(19-23)31-24-11-5-2-6-12-24/h1-15,18-19,28-29H,16-17,20H2. The molecule has 0 spiro atoms. The van der Waals surface area contributed by atoms with E-state index in [0.29, 0.717) is 6.61 Å². The van der Waals surface area contributed by atoms with Crippen molar-refractivity contribution in [2.45, 2.75) is 19.1 Å². The zero-order valence-corrected chi connectivity index (χ0v) is 17.3. The fourth-order valence-electron chi connectivity index (χ4n) is 4.05. The molecule has 3 nitrogen and oxygen atoms in total. The van der Waals surface area contributed by atoms with E-state index in [-0.39, 0.29) is 6.04 Å². The second-order valence-electron chi connectivity index (χ2n) is 7.76.